The molecule has 0 aliphatic carbocycles. The van der Waals surface area contributed by atoms with Gasteiger partial charge in [-0.25, -0.2) is 4.79 Å². The van der Waals surface area contributed by atoms with E-state index in [0.717, 1.165) is 24.6 Å². The van der Waals surface area contributed by atoms with Gasteiger partial charge in [0.2, 0.25) is 0 Å². The van der Waals surface area contributed by atoms with E-state index in [4.69, 9.17) is 4.42 Å². The molecule has 3 heterocycles. The van der Waals surface area contributed by atoms with Crippen molar-refractivity contribution in [2.24, 2.45) is 0 Å². The number of benzene rings is 2. The molecule has 170 valence electrons. The molecule has 2 N–H and O–H groups in total. The Hall–Kier alpha value is -3.81. The average molecular weight is 447 g/mol. The zero-order chi connectivity index (χ0) is 22.8. The van der Waals surface area contributed by atoms with E-state index in [9.17, 15) is 14.4 Å². The molecular weight excluding hydrogens is 420 g/mol. The van der Waals surface area contributed by atoms with Gasteiger partial charge in [-0.2, -0.15) is 0 Å². The molecule has 0 bridgehead atoms. The molecule has 8 nitrogen and oxygen atoms in total. The van der Waals surface area contributed by atoms with Crippen molar-refractivity contribution in [1.29, 1.82) is 0 Å². The van der Waals surface area contributed by atoms with Crippen LogP contribution < -0.4 is 15.5 Å². The predicted octanol–water partition coefficient (Wildman–Crippen LogP) is 3.39. The van der Waals surface area contributed by atoms with Crippen molar-refractivity contribution in [3.63, 3.8) is 0 Å². The van der Waals surface area contributed by atoms with E-state index in [1.54, 1.807) is 34.1 Å². The summed E-state index contributed by atoms with van der Waals surface area (Å²) in [6.07, 6.45) is 2.46. The maximum Gasteiger partial charge on any atom is 0.321 e. The van der Waals surface area contributed by atoms with E-state index >= 15 is 0 Å². The maximum atomic E-state index is 13.2. The van der Waals surface area contributed by atoms with Crippen LogP contribution in [0.15, 0.2) is 59.0 Å². The lowest BCUT2D eigenvalue weighted by Gasteiger charge is -2.33. The summed E-state index contributed by atoms with van der Waals surface area (Å²) in [5.41, 5.74) is 1.92. The number of hydrogen-bond acceptors (Lipinski definition) is 4. The first-order chi connectivity index (χ1) is 16.1. The van der Waals surface area contributed by atoms with Gasteiger partial charge in [0, 0.05) is 48.9 Å². The highest BCUT2D eigenvalue weighted by Crippen LogP contribution is 2.22. The Labute approximate surface area is 191 Å². The van der Waals surface area contributed by atoms with Crippen molar-refractivity contribution in [3.8, 4) is 0 Å². The van der Waals surface area contributed by atoms with Gasteiger partial charge in [0.1, 0.15) is 5.58 Å². The third-order valence-corrected chi connectivity index (χ3v) is 6.18. The van der Waals surface area contributed by atoms with Crippen LogP contribution in [0.4, 0.5) is 10.5 Å². The zero-order valence-corrected chi connectivity index (χ0v) is 18.3. The van der Waals surface area contributed by atoms with Crippen molar-refractivity contribution in [1.82, 2.24) is 15.5 Å². The molecule has 1 aromatic heterocycles. The summed E-state index contributed by atoms with van der Waals surface area (Å²) in [6, 6.07) is 16.1. The van der Waals surface area contributed by atoms with Crippen molar-refractivity contribution < 1.29 is 18.8 Å². The van der Waals surface area contributed by atoms with E-state index in [1.807, 2.05) is 30.3 Å². The van der Waals surface area contributed by atoms with Crippen LogP contribution in [-0.4, -0.2) is 55.0 Å². The Balaban J connectivity index is 1.25. The number of nitrogens with zero attached hydrogens (tertiary/aromatic N) is 2. The zero-order valence-electron chi connectivity index (χ0n) is 18.3. The number of carbonyl (C=O) groups excluding carboxylic acids is 3. The lowest BCUT2D eigenvalue weighted by Crippen LogP contribution is -2.49. The van der Waals surface area contributed by atoms with Crippen molar-refractivity contribution in [2.45, 2.75) is 25.3 Å². The Morgan fingerprint density at radius 1 is 1.03 bits per heavy atom. The number of anilines is 1. The maximum absolute atomic E-state index is 13.2. The number of hydrogen-bond donors (Lipinski definition) is 2. The number of para-hydroxylation sites is 1. The van der Waals surface area contributed by atoms with E-state index in [0.29, 0.717) is 43.0 Å². The first-order valence-corrected chi connectivity index (χ1v) is 11.3. The number of likely N-dealkylation sites (tertiary alicyclic amines) is 1. The molecule has 1 unspecified atom stereocenters. The van der Waals surface area contributed by atoms with E-state index < -0.39 is 0 Å². The van der Waals surface area contributed by atoms with Gasteiger partial charge in [-0.05, 0) is 49.6 Å². The molecule has 4 amide bonds. The van der Waals surface area contributed by atoms with Crippen LogP contribution in [0, 0.1) is 0 Å². The summed E-state index contributed by atoms with van der Waals surface area (Å²) in [4.78, 5) is 41.5. The first kappa shape index (κ1) is 21.1. The number of amides is 4. The summed E-state index contributed by atoms with van der Waals surface area (Å²) >= 11 is 0. The summed E-state index contributed by atoms with van der Waals surface area (Å²) in [7, 11) is 0. The van der Waals surface area contributed by atoms with Gasteiger partial charge < -0.3 is 20.0 Å². The van der Waals surface area contributed by atoms with Gasteiger partial charge in [0.15, 0.2) is 5.76 Å². The second-order valence-electron chi connectivity index (χ2n) is 8.50. The van der Waals surface area contributed by atoms with Gasteiger partial charge >= 0.3 is 6.03 Å². The fourth-order valence-corrected chi connectivity index (χ4v) is 4.49. The number of rotatable bonds is 4. The molecular formula is C25H26N4O4. The van der Waals surface area contributed by atoms with Gasteiger partial charge in [-0.1, -0.05) is 24.3 Å². The first-order valence-electron chi connectivity index (χ1n) is 11.3. The molecule has 0 saturated carbocycles. The smallest absolute Gasteiger partial charge is 0.321 e. The Kier molecular flexibility index (Phi) is 5.73. The summed E-state index contributed by atoms with van der Waals surface area (Å²) in [5.74, 6) is -0.104. The van der Waals surface area contributed by atoms with Crippen LogP contribution in [0.5, 0.6) is 0 Å². The highest BCUT2D eigenvalue weighted by atomic mass is 16.3. The van der Waals surface area contributed by atoms with E-state index in [1.165, 1.54) is 0 Å². The third-order valence-electron chi connectivity index (χ3n) is 6.18. The second-order valence-corrected chi connectivity index (χ2v) is 8.50. The Morgan fingerprint density at radius 3 is 2.76 bits per heavy atom. The minimum absolute atomic E-state index is 0.100. The molecule has 0 spiro atoms. The number of nitrogens with one attached hydrogen (secondary N) is 2. The molecule has 5 rings (SSSR count). The quantitative estimate of drug-likeness (QED) is 0.642. The molecule has 33 heavy (non-hydrogen) atoms. The summed E-state index contributed by atoms with van der Waals surface area (Å²) in [6.45, 7) is 2.36. The monoisotopic (exact) mass is 446 g/mol. The minimum atomic E-state index is -0.274. The minimum Gasteiger partial charge on any atom is -0.451 e. The normalized spacial score (nSPS) is 18.8. The Morgan fingerprint density at radius 2 is 1.91 bits per heavy atom. The van der Waals surface area contributed by atoms with Crippen molar-refractivity contribution in [2.75, 3.05) is 31.1 Å². The molecule has 2 fully saturated rings. The standard InChI is InChI=1S/C25H26N4O4/c30-23(22-15-17-6-1-2-10-21(17)33-22)27-19-8-4-12-28(16-19)24(31)18-7-3-9-20(14-18)29-13-5-11-26-25(29)32/h1-3,6-7,9-10,14-15,19H,4-5,8,11-13,16H2,(H,26,32)(H,27,30). The van der Waals surface area contributed by atoms with Crippen molar-refractivity contribution >= 4 is 34.5 Å². The van der Waals surface area contributed by atoms with Crippen LogP contribution in [0.25, 0.3) is 11.0 Å². The number of fused-ring (bicyclic) bond motifs is 1. The molecule has 1 atom stereocenters. The topological polar surface area (TPSA) is 94.9 Å². The van der Waals surface area contributed by atoms with Crippen LogP contribution in [0.1, 0.15) is 40.2 Å². The third kappa shape index (κ3) is 4.41. The molecule has 2 aliphatic heterocycles. The molecule has 8 heteroatoms. The lowest BCUT2D eigenvalue weighted by molar-refractivity contribution is 0.0672. The molecule has 0 radical (unpaired) electrons. The molecule has 2 saturated heterocycles. The van der Waals surface area contributed by atoms with Gasteiger partial charge in [0.05, 0.1) is 0 Å². The van der Waals surface area contributed by atoms with Gasteiger partial charge in [0.25, 0.3) is 11.8 Å². The number of carbonyl (C=O) groups is 3. The van der Waals surface area contributed by atoms with Crippen LogP contribution in [0.3, 0.4) is 0 Å². The van der Waals surface area contributed by atoms with Crippen molar-refractivity contribution in [3.05, 3.63) is 65.9 Å². The van der Waals surface area contributed by atoms with Crippen LogP contribution >= 0.6 is 0 Å². The van der Waals surface area contributed by atoms with Gasteiger partial charge in [-0.3, -0.25) is 14.5 Å². The number of piperidine rings is 1. The van der Waals surface area contributed by atoms with Gasteiger partial charge in [-0.15, -0.1) is 0 Å². The highest BCUT2D eigenvalue weighted by molar-refractivity contribution is 5.98. The largest absolute Gasteiger partial charge is 0.451 e. The van der Waals surface area contributed by atoms with Crippen LogP contribution in [-0.2, 0) is 0 Å². The second kappa shape index (κ2) is 8.97. The lowest BCUT2D eigenvalue weighted by atomic mass is 10.0. The number of furan rings is 1. The average Bonchev–Trinajstić information content (AvgIpc) is 3.29. The number of urea groups is 1. The molecule has 3 aromatic rings. The Bertz CT molecular complexity index is 1170. The summed E-state index contributed by atoms with van der Waals surface area (Å²) in [5, 5.41) is 6.73. The molecule has 2 aliphatic rings. The summed E-state index contributed by atoms with van der Waals surface area (Å²) < 4.78 is 5.66. The molecule has 2 aromatic carbocycles. The highest BCUT2D eigenvalue weighted by Gasteiger charge is 2.27. The SMILES string of the molecule is O=C(NC1CCCN(C(=O)c2cccc(N3CCCNC3=O)c2)C1)c1cc2ccccc2o1. The predicted molar refractivity (Wildman–Crippen MR) is 124 cm³/mol. The fraction of sp³-hybridized carbons (Fsp3) is 0.320. The van der Waals surface area contributed by atoms with Crippen LogP contribution in [0.2, 0.25) is 0 Å². The van der Waals surface area contributed by atoms with E-state index in [2.05, 4.69) is 10.6 Å². The fourth-order valence-electron chi connectivity index (χ4n) is 4.49. The van der Waals surface area contributed by atoms with E-state index in [-0.39, 0.29) is 29.6 Å².